The predicted octanol–water partition coefficient (Wildman–Crippen LogP) is 2.06. The molecule has 23 heavy (non-hydrogen) atoms. The summed E-state index contributed by atoms with van der Waals surface area (Å²) in [5.74, 6) is 0.427. The Labute approximate surface area is 135 Å². The lowest BCUT2D eigenvalue weighted by molar-refractivity contribution is -0.181. The lowest BCUT2D eigenvalue weighted by atomic mass is 10.0. The average Bonchev–Trinajstić information content (AvgIpc) is 3.04. The van der Waals surface area contributed by atoms with Crippen LogP contribution < -0.4 is 10.1 Å². The van der Waals surface area contributed by atoms with Crippen LogP contribution in [0, 0.1) is 0 Å². The van der Waals surface area contributed by atoms with Crippen molar-refractivity contribution in [1.29, 1.82) is 0 Å². The van der Waals surface area contributed by atoms with E-state index in [0.717, 1.165) is 30.6 Å². The molecule has 6 heteroatoms. The molecule has 3 heterocycles. The number of urea groups is 1. The highest BCUT2D eigenvalue weighted by Crippen LogP contribution is 2.33. The van der Waals surface area contributed by atoms with Crippen LogP contribution in [0.4, 0.5) is 4.79 Å². The van der Waals surface area contributed by atoms with Crippen LogP contribution in [0.25, 0.3) is 0 Å². The van der Waals surface area contributed by atoms with Gasteiger partial charge in [-0.3, -0.25) is 0 Å². The van der Waals surface area contributed by atoms with Crippen molar-refractivity contribution in [3.05, 3.63) is 29.8 Å². The Hall–Kier alpha value is -1.79. The van der Waals surface area contributed by atoms with Crippen LogP contribution in [-0.4, -0.2) is 49.6 Å². The normalized spacial score (nSPS) is 25.7. The maximum atomic E-state index is 12.6. The van der Waals surface area contributed by atoms with Crippen LogP contribution in [-0.2, 0) is 9.47 Å². The highest BCUT2D eigenvalue weighted by Gasteiger charge is 2.41. The minimum atomic E-state index is -0.442. The molecule has 0 saturated carbocycles. The first-order chi connectivity index (χ1) is 11.3. The summed E-state index contributed by atoms with van der Waals surface area (Å²) in [6.45, 7) is 3.27. The molecule has 4 rings (SSSR count). The summed E-state index contributed by atoms with van der Waals surface area (Å²) in [5.41, 5.74) is 1.06. The summed E-state index contributed by atoms with van der Waals surface area (Å²) in [4.78, 5) is 14.4. The van der Waals surface area contributed by atoms with E-state index in [-0.39, 0.29) is 12.1 Å². The Morgan fingerprint density at radius 1 is 1.13 bits per heavy atom. The molecule has 1 unspecified atom stereocenters. The summed E-state index contributed by atoms with van der Waals surface area (Å²) < 4.78 is 17.1. The minimum Gasteiger partial charge on any atom is -0.493 e. The third kappa shape index (κ3) is 2.88. The van der Waals surface area contributed by atoms with E-state index in [1.807, 2.05) is 29.2 Å². The first-order valence-corrected chi connectivity index (χ1v) is 8.31. The first kappa shape index (κ1) is 14.8. The quantitative estimate of drug-likeness (QED) is 0.861. The molecule has 2 amide bonds. The van der Waals surface area contributed by atoms with E-state index in [2.05, 4.69) is 5.32 Å². The van der Waals surface area contributed by atoms with Crippen LogP contribution in [0.15, 0.2) is 24.3 Å². The molecule has 1 N–H and O–H groups in total. The van der Waals surface area contributed by atoms with Crippen LogP contribution in [0.5, 0.6) is 5.75 Å². The van der Waals surface area contributed by atoms with Gasteiger partial charge in [0.05, 0.1) is 25.9 Å². The number of amides is 2. The molecule has 2 fully saturated rings. The molecule has 0 bridgehead atoms. The third-order valence-electron chi connectivity index (χ3n) is 4.88. The Balaban J connectivity index is 1.38. The Kier molecular flexibility index (Phi) is 3.87. The first-order valence-electron chi connectivity index (χ1n) is 8.31. The fourth-order valence-corrected chi connectivity index (χ4v) is 3.57. The van der Waals surface area contributed by atoms with E-state index < -0.39 is 5.79 Å². The van der Waals surface area contributed by atoms with E-state index in [0.29, 0.717) is 32.9 Å². The molecule has 6 nitrogen and oxygen atoms in total. The second kappa shape index (κ2) is 6.02. The van der Waals surface area contributed by atoms with Crippen molar-refractivity contribution in [3.8, 4) is 5.75 Å². The van der Waals surface area contributed by atoms with Crippen molar-refractivity contribution >= 4 is 6.03 Å². The SMILES string of the molecule is O=C(NC1CCOc2ccccc21)N1CCC2(CC1)OCCO2. The highest BCUT2D eigenvalue weighted by molar-refractivity contribution is 5.75. The maximum Gasteiger partial charge on any atom is 0.317 e. The number of nitrogens with one attached hydrogen (secondary N) is 1. The smallest absolute Gasteiger partial charge is 0.317 e. The van der Waals surface area contributed by atoms with Crippen molar-refractivity contribution in [2.75, 3.05) is 32.9 Å². The zero-order valence-electron chi connectivity index (χ0n) is 13.1. The van der Waals surface area contributed by atoms with Crippen molar-refractivity contribution in [2.45, 2.75) is 31.1 Å². The number of fused-ring (bicyclic) bond motifs is 1. The zero-order chi connectivity index (χ0) is 15.7. The number of carbonyl (C=O) groups is 1. The zero-order valence-corrected chi connectivity index (χ0v) is 13.1. The highest BCUT2D eigenvalue weighted by atomic mass is 16.7. The van der Waals surface area contributed by atoms with Gasteiger partial charge in [0, 0.05) is 37.9 Å². The molecule has 3 aliphatic rings. The van der Waals surface area contributed by atoms with Gasteiger partial charge in [0.25, 0.3) is 0 Å². The molecule has 2 saturated heterocycles. The third-order valence-corrected chi connectivity index (χ3v) is 4.88. The van der Waals surface area contributed by atoms with Gasteiger partial charge in [-0.1, -0.05) is 18.2 Å². The van der Waals surface area contributed by atoms with Crippen molar-refractivity contribution < 1.29 is 19.0 Å². The molecule has 3 aliphatic heterocycles. The molecule has 0 aromatic heterocycles. The van der Waals surface area contributed by atoms with Crippen molar-refractivity contribution in [3.63, 3.8) is 0 Å². The lowest BCUT2D eigenvalue weighted by Gasteiger charge is -2.38. The molecule has 124 valence electrons. The van der Waals surface area contributed by atoms with E-state index in [4.69, 9.17) is 14.2 Å². The van der Waals surface area contributed by atoms with Gasteiger partial charge >= 0.3 is 6.03 Å². The van der Waals surface area contributed by atoms with Gasteiger partial charge in [-0.25, -0.2) is 4.79 Å². The van der Waals surface area contributed by atoms with Gasteiger partial charge < -0.3 is 24.4 Å². The van der Waals surface area contributed by atoms with E-state index >= 15 is 0 Å². The molecule has 1 aromatic carbocycles. The topological polar surface area (TPSA) is 60.0 Å². The standard InChI is InChI=1S/C17H22N2O4/c20-16(19-8-6-17(7-9-19)22-11-12-23-17)18-14-5-10-21-15-4-2-1-3-13(14)15/h1-4,14H,5-12H2,(H,18,20). The fraction of sp³-hybridized carbons (Fsp3) is 0.588. The van der Waals surface area contributed by atoms with Gasteiger partial charge in [-0.2, -0.15) is 0 Å². The van der Waals surface area contributed by atoms with Gasteiger partial charge in [0.15, 0.2) is 5.79 Å². The summed E-state index contributed by atoms with van der Waals surface area (Å²) in [7, 11) is 0. The number of nitrogens with zero attached hydrogens (tertiary/aromatic N) is 1. The second-order valence-electron chi connectivity index (χ2n) is 6.27. The van der Waals surface area contributed by atoms with Gasteiger partial charge in [-0.15, -0.1) is 0 Å². The minimum absolute atomic E-state index is 0.0143. The van der Waals surface area contributed by atoms with Crippen LogP contribution in [0.3, 0.4) is 0 Å². The molecular formula is C17H22N2O4. The number of piperidine rings is 1. The summed E-state index contributed by atoms with van der Waals surface area (Å²) >= 11 is 0. The Bertz CT molecular complexity index is 576. The number of likely N-dealkylation sites (tertiary alicyclic amines) is 1. The molecule has 0 radical (unpaired) electrons. The molecule has 1 atom stereocenters. The van der Waals surface area contributed by atoms with Gasteiger partial charge in [-0.05, 0) is 6.07 Å². The predicted molar refractivity (Wildman–Crippen MR) is 83.3 cm³/mol. The summed E-state index contributed by atoms with van der Waals surface area (Å²) in [6.07, 6.45) is 2.28. The molecule has 1 aromatic rings. The monoisotopic (exact) mass is 318 g/mol. The largest absolute Gasteiger partial charge is 0.493 e. The number of hydrogen-bond acceptors (Lipinski definition) is 4. The number of benzene rings is 1. The molecule has 0 aliphatic carbocycles. The van der Waals surface area contributed by atoms with E-state index in [1.54, 1.807) is 0 Å². The molecule has 1 spiro atoms. The van der Waals surface area contributed by atoms with Crippen molar-refractivity contribution in [1.82, 2.24) is 10.2 Å². The van der Waals surface area contributed by atoms with Gasteiger partial charge in [0.1, 0.15) is 5.75 Å². The van der Waals surface area contributed by atoms with Crippen LogP contribution >= 0.6 is 0 Å². The number of ether oxygens (including phenoxy) is 3. The molecular weight excluding hydrogens is 296 g/mol. The van der Waals surface area contributed by atoms with E-state index in [1.165, 1.54) is 0 Å². The van der Waals surface area contributed by atoms with Crippen LogP contribution in [0.1, 0.15) is 30.9 Å². The van der Waals surface area contributed by atoms with E-state index in [9.17, 15) is 4.79 Å². The Morgan fingerprint density at radius 3 is 2.65 bits per heavy atom. The number of para-hydroxylation sites is 1. The fourth-order valence-electron chi connectivity index (χ4n) is 3.57. The van der Waals surface area contributed by atoms with Crippen LogP contribution in [0.2, 0.25) is 0 Å². The summed E-state index contributed by atoms with van der Waals surface area (Å²) in [5, 5.41) is 3.15. The summed E-state index contributed by atoms with van der Waals surface area (Å²) in [6, 6.07) is 7.90. The maximum absolute atomic E-state index is 12.6. The Morgan fingerprint density at radius 2 is 1.87 bits per heavy atom. The van der Waals surface area contributed by atoms with Gasteiger partial charge in [0.2, 0.25) is 0 Å². The number of carbonyl (C=O) groups excluding carboxylic acids is 1. The second-order valence-corrected chi connectivity index (χ2v) is 6.27. The number of hydrogen-bond donors (Lipinski definition) is 1. The number of rotatable bonds is 1. The average molecular weight is 318 g/mol. The lowest BCUT2D eigenvalue weighted by Crippen LogP contribution is -2.51. The van der Waals surface area contributed by atoms with Crippen molar-refractivity contribution in [2.24, 2.45) is 0 Å².